The van der Waals surface area contributed by atoms with Gasteiger partial charge in [0.15, 0.2) is 13.2 Å². The standard InChI is InChI=1S/C17H13Cl3N2O6/c1-9-13(3-2-4-14(9)22(25)26)21-16(23)7-28-17(24)8-27-15-6-11(19)10(18)5-12(15)20/h2-6H,7-8H2,1H3,(H,21,23). The van der Waals surface area contributed by atoms with E-state index in [-0.39, 0.29) is 37.8 Å². The average molecular weight is 448 g/mol. The number of halogens is 3. The van der Waals surface area contributed by atoms with Crippen molar-refractivity contribution < 1.29 is 24.0 Å². The number of anilines is 1. The zero-order chi connectivity index (χ0) is 20.8. The molecule has 0 aliphatic carbocycles. The maximum atomic E-state index is 11.9. The van der Waals surface area contributed by atoms with E-state index < -0.39 is 30.0 Å². The van der Waals surface area contributed by atoms with Crippen LogP contribution in [0.2, 0.25) is 15.1 Å². The largest absolute Gasteiger partial charge is 0.480 e. The van der Waals surface area contributed by atoms with Gasteiger partial charge in [-0.25, -0.2) is 4.79 Å². The fourth-order valence-electron chi connectivity index (χ4n) is 2.08. The Morgan fingerprint density at radius 3 is 2.46 bits per heavy atom. The number of benzene rings is 2. The highest BCUT2D eigenvalue weighted by Crippen LogP contribution is 2.33. The Bertz CT molecular complexity index is 935. The van der Waals surface area contributed by atoms with E-state index in [0.717, 1.165) is 0 Å². The van der Waals surface area contributed by atoms with E-state index in [2.05, 4.69) is 5.32 Å². The highest BCUT2D eigenvalue weighted by Gasteiger charge is 2.16. The second-order valence-corrected chi connectivity index (χ2v) is 6.62. The van der Waals surface area contributed by atoms with Crippen molar-refractivity contribution in [1.82, 2.24) is 0 Å². The van der Waals surface area contributed by atoms with E-state index in [1.165, 1.54) is 37.3 Å². The molecule has 0 bridgehead atoms. The molecule has 0 aliphatic heterocycles. The molecule has 2 rings (SSSR count). The Hall–Kier alpha value is -2.55. The second kappa shape index (κ2) is 9.59. The number of amides is 1. The molecule has 0 heterocycles. The number of nitro groups is 1. The van der Waals surface area contributed by atoms with Crippen LogP contribution in [0.1, 0.15) is 5.56 Å². The average Bonchev–Trinajstić information content (AvgIpc) is 2.63. The van der Waals surface area contributed by atoms with Crippen molar-refractivity contribution in [3.05, 3.63) is 61.1 Å². The number of hydrogen-bond donors (Lipinski definition) is 1. The van der Waals surface area contributed by atoms with Gasteiger partial charge in [-0.2, -0.15) is 0 Å². The molecule has 11 heteroatoms. The Morgan fingerprint density at radius 2 is 1.79 bits per heavy atom. The lowest BCUT2D eigenvalue weighted by atomic mass is 10.1. The minimum Gasteiger partial charge on any atom is -0.480 e. The zero-order valence-electron chi connectivity index (χ0n) is 14.3. The fourth-order valence-corrected chi connectivity index (χ4v) is 2.67. The van der Waals surface area contributed by atoms with E-state index in [1.807, 2.05) is 0 Å². The van der Waals surface area contributed by atoms with Gasteiger partial charge in [-0.05, 0) is 19.1 Å². The van der Waals surface area contributed by atoms with Crippen LogP contribution in [0, 0.1) is 17.0 Å². The van der Waals surface area contributed by atoms with E-state index in [9.17, 15) is 19.7 Å². The number of esters is 1. The molecule has 0 fully saturated rings. The molecule has 0 aliphatic rings. The smallest absolute Gasteiger partial charge is 0.344 e. The number of ether oxygens (including phenoxy) is 2. The molecule has 8 nitrogen and oxygen atoms in total. The lowest BCUT2D eigenvalue weighted by Gasteiger charge is -2.10. The summed E-state index contributed by atoms with van der Waals surface area (Å²) in [7, 11) is 0. The number of hydrogen-bond acceptors (Lipinski definition) is 6. The van der Waals surface area contributed by atoms with Crippen molar-refractivity contribution in [2.24, 2.45) is 0 Å². The lowest BCUT2D eigenvalue weighted by Crippen LogP contribution is -2.24. The van der Waals surface area contributed by atoms with E-state index >= 15 is 0 Å². The molecule has 2 aromatic carbocycles. The van der Waals surface area contributed by atoms with E-state index in [4.69, 9.17) is 44.3 Å². The van der Waals surface area contributed by atoms with Crippen LogP contribution in [0.25, 0.3) is 0 Å². The van der Waals surface area contributed by atoms with E-state index in [0.29, 0.717) is 0 Å². The minimum atomic E-state index is -0.826. The number of carbonyl (C=O) groups is 2. The molecule has 0 saturated heterocycles. The van der Waals surface area contributed by atoms with Gasteiger partial charge >= 0.3 is 5.97 Å². The number of carbonyl (C=O) groups excluding carboxylic acids is 2. The summed E-state index contributed by atoms with van der Waals surface area (Å²) in [5.41, 5.74) is 0.389. The Kier molecular flexibility index (Phi) is 7.45. The quantitative estimate of drug-likeness (QED) is 0.291. The molecular formula is C17H13Cl3N2O6. The number of nitrogens with zero attached hydrogens (tertiary/aromatic N) is 1. The van der Waals surface area contributed by atoms with Crippen molar-refractivity contribution in [2.75, 3.05) is 18.5 Å². The highest BCUT2D eigenvalue weighted by molar-refractivity contribution is 6.43. The molecule has 148 valence electrons. The van der Waals surface area contributed by atoms with Gasteiger partial charge in [0.25, 0.3) is 11.6 Å². The summed E-state index contributed by atoms with van der Waals surface area (Å²) in [5.74, 6) is -1.36. The molecule has 0 aromatic heterocycles. The van der Waals surface area contributed by atoms with Crippen molar-refractivity contribution in [3.8, 4) is 5.75 Å². The highest BCUT2D eigenvalue weighted by atomic mass is 35.5. The number of rotatable bonds is 7. The van der Waals surface area contributed by atoms with E-state index in [1.54, 1.807) is 0 Å². The molecule has 28 heavy (non-hydrogen) atoms. The Morgan fingerprint density at radius 1 is 1.11 bits per heavy atom. The molecule has 0 atom stereocenters. The third-order valence-corrected chi connectivity index (χ3v) is 4.48. The SMILES string of the molecule is Cc1c(NC(=O)COC(=O)COc2cc(Cl)c(Cl)cc2Cl)cccc1[N+](=O)[O-]. The Labute approximate surface area is 174 Å². The van der Waals surface area contributed by atoms with Gasteiger partial charge in [-0.3, -0.25) is 14.9 Å². The van der Waals surface area contributed by atoms with Gasteiger partial charge in [-0.1, -0.05) is 40.9 Å². The van der Waals surface area contributed by atoms with Crippen LogP contribution < -0.4 is 10.1 Å². The normalized spacial score (nSPS) is 10.3. The molecule has 0 radical (unpaired) electrons. The first-order valence-corrected chi connectivity index (χ1v) is 8.79. The molecule has 2 aromatic rings. The van der Waals surface area contributed by atoms with Crippen LogP contribution in [-0.2, 0) is 14.3 Å². The minimum absolute atomic E-state index is 0.129. The van der Waals surface area contributed by atoms with Crippen LogP contribution in [0.3, 0.4) is 0 Å². The summed E-state index contributed by atoms with van der Waals surface area (Å²) in [5, 5.41) is 13.9. The summed E-state index contributed by atoms with van der Waals surface area (Å²) in [6.45, 7) is 0.384. The topological polar surface area (TPSA) is 108 Å². The van der Waals surface area contributed by atoms with Crippen molar-refractivity contribution in [3.63, 3.8) is 0 Å². The van der Waals surface area contributed by atoms with Gasteiger partial charge in [0.05, 0.1) is 31.2 Å². The molecule has 0 spiro atoms. The number of nitrogens with one attached hydrogen (secondary N) is 1. The first-order chi connectivity index (χ1) is 13.2. The van der Waals surface area contributed by atoms with Gasteiger partial charge in [-0.15, -0.1) is 0 Å². The summed E-state index contributed by atoms with van der Waals surface area (Å²) in [6.07, 6.45) is 0. The van der Waals surface area contributed by atoms with Gasteiger partial charge in [0.1, 0.15) is 5.75 Å². The molecule has 0 unspecified atom stereocenters. The van der Waals surface area contributed by atoms with Gasteiger partial charge in [0.2, 0.25) is 0 Å². The Balaban J connectivity index is 1.86. The van der Waals surface area contributed by atoms with Crippen LogP contribution in [0.4, 0.5) is 11.4 Å². The predicted molar refractivity (Wildman–Crippen MR) is 104 cm³/mol. The first-order valence-electron chi connectivity index (χ1n) is 7.66. The summed E-state index contributed by atoms with van der Waals surface area (Å²) >= 11 is 17.6. The van der Waals surface area contributed by atoms with Crippen LogP contribution in [0.5, 0.6) is 5.75 Å². The third kappa shape index (κ3) is 5.72. The summed E-state index contributed by atoms with van der Waals surface area (Å²) in [4.78, 5) is 34.0. The van der Waals surface area contributed by atoms with Crippen LogP contribution >= 0.6 is 34.8 Å². The zero-order valence-corrected chi connectivity index (χ0v) is 16.6. The maximum absolute atomic E-state index is 11.9. The summed E-state index contributed by atoms with van der Waals surface area (Å²) < 4.78 is 9.99. The third-order valence-electron chi connectivity index (χ3n) is 3.46. The number of nitro benzene ring substituents is 1. The maximum Gasteiger partial charge on any atom is 0.344 e. The predicted octanol–water partition coefficient (Wildman–Crippen LogP) is 4.42. The molecule has 0 saturated carbocycles. The van der Waals surface area contributed by atoms with Crippen molar-refractivity contribution in [1.29, 1.82) is 0 Å². The lowest BCUT2D eigenvalue weighted by molar-refractivity contribution is -0.385. The molecule has 1 amide bonds. The van der Waals surface area contributed by atoms with Crippen LogP contribution in [0.15, 0.2) is 30.3 Å². The van der Waals surface area contributed by atoms with Crippen LogP contribution in [-0.4, -0.2) is 30.0 Å². The van der Waals surface area contributed by atoms with Gasteiger partial charge in [0, 0.05) is 12.1 Å². The second-order valence-electron chi connectivity index (χ2n) is 5.40. The monoisotopic (exact) mass is 446 g/mol. The van der Waals surface area contributed by atoms with Crippen molar-refractivity contribution in [2.45, 2.75) is 6.92 Å². The first kappa shape index (κ1) is 21.7. The van der Waals surface area contributed by atoms with Crippen molar-refractivity contribution >= 4 is 58.1 Å². The molecule has 1 N–H and O–H groups in total. The summed E-state index contributed by atoms with van der Waals surface area (Å²) in [6, 6.07) is 6.95. The fraction of sp³-hybridized carbons (Fsp3) is 0.176. The van der Waals surface area contributed by atoms with Gasteiger partial charge < -0.3 is 14.8 Å². The molecular weight excluding hydrogens is 435 g/mol.